The SMILES string of the molecule is C=C/C=C(\C=C(/C)N(c1ccccc1)c1cccc(-c2ccccc2)c1)n1c2cccc3c2c2c4c(cccc4ccc21)-c1ccccc1-3. The van der Waals surface area contributed by atoms with Crippen LogP contribution in [-0.2, 0) is 0 Å². The lowest BCUT2D eigenvalue weighted by Gasteiger charge is -2.27. The lowest BCUT2D eigenvalue weighted by Crippen LogP contribution is -2.15. The first-order valence-corrected chi connectivity index (χ1v) is 16.8. The van der Waals surface area contributed by atoms with Crippen LogP contribution in [0.4, 0.5) is 11.4 Å². The van der Waals surface area contributed by atoms with Gasteiger partial charge in [-0.05, 0) is 99.6 Å². The van der Waals surface area contributed by atoms with Crippen molar-refractivity contribution in [3.05, 3.63) is 188 Å². The Kier molecular flexibility index (Phi) is 6.88. The van der Waals surface area contributed by atoms with Crippen molar-refractivity contribution in [3.63, 3.8) is 0 Å². The van der Waals surface area contributed by atoms with Crippen molar-refractivity contribution in [2.75, 3.05) is 4.90 Å². The van der Waals surface area contributed by atoms with Crippen molar-refractivity contribution in [3.8, 4) is 33.4 Å². The molecule has 0 amide bonds. The highest BCUT2D eigenvalue weighted by Crippen LogP contribution is 2.49. The van der Waals surface area contributed by atoms with Crippen LogP contribution >= 0.6 is 0 Å². The fourth-order valence-corrected chi connectivity index (χ4v) is 7.78. The summed E-state index contributed by atoms with van der Waals surface area (Å²) >= 11 is 0. The number of rotatable bonds is 7. The monoisotopic (exact) mass is 626 g/mol. The number of fused-ring (bicyclic) bond motifs is 3. The summed E-state index contributed by atoms with van der Waals surface area (Å²) in [6.45, 7) is 6.37. The van der Waals surface area contributed by atoms with Gasteiger partial charge in [0.2, 0.25) is 0 Å². The Balaban J connectivity index is 1.29. The first-order chi connectivity index (χ1) is 24.2. The zero-order valence-electron chi connectivity index (χ0n) is 27.3. The molecule has 1 heterocycles. The van der Waals surface area contributed by atoms with Crippen LogP contribution in [0.3, 0.4) is 0 Å². The molecule has 1 aromatic heterocycles. The van der Waals surface area contributed by atoms with Gasteiger partial charge in [-0.2, -0.15) is 0 Å². The van der Waals surface area contributed by atoms with E-state index in [9.17, 15) is 0 Å². The number of hydrogen-bond donors (Lipinski definition) is 0. The van der Waals surface area contributed by atoms with Crippen molar-refractivity contribution >= 4 is 49.7 Å². The molecule has 1 aliphatic rings. The van der Waals surface area contributed by atoms with Crippen molar-refractivity contribution in [1.82, 2.24) is 4.57 Å². The Morgan fingerprint density at radius 3 is 1.88 bits per heavy atom. The highest BCUT2D eigenvalue weighted by atomic mass is 15.1. The second-order valence-electron chi connectivity index (χ2n) is 12.6. The van der Waals surface area contributed by atoms with Gasteiger partial charge in [-0.15, -0.1) is 0 Å². The second kappa shape index (κ2) is 11.7. The highest BCUT2D eigenvalue weighted by Gasteiger charge is 2.25. The van der Waals surface area contributed by atoms with Crippen LogP contribution in [-0.4, -0.2) is 4.57 Å². The van der Waals surface area contributed by atoms with Gasteiger partial charge < -0.3 is 9.47 Å². The highest BCUT2D eigenvalue weighted by molar-refractivity contribution is 6.30. The molecule has 2 heteroatoms. The summed E-state index contributed by atoms with van der Waals surface area (Å²) in [5, 5.41) is 5.15. The molecular formula is C47H34N2. The average molecular weight is 627 g/mol. The van der Waals surface area contributed by atoms with E-state index in [0.29, 0.717) is 0 Å². The number of anilines is 2. The molecule has 0 atom stereocenters. The van der Waals surface area contributed by atoms with Gasteiger partial charge in [0.1, 0.15) is 0 Å². The molecule has 9 rings (SSSR count). The lowest BCUT2D eigenvalue weighted by molar-refractivity contribution is 1.14. The largest absolute Gasteiger partial charge is 0.314 e. The van der Waals surface area contributed by atoms with Crippen LogP contribution < -0.4 is 4.90 Å². The van der Waals surface area contributed by atoms with Gasteiger partial charge in [-0.1, -0.05) is 134 Å². The third-order valence-electron chi connectivity index (χ3n) is 9.79. The Morgan fingerprint density at radius 2 is 1.12 bits per heavy atom. The van der Waals surface area contributed by atoms with Gasteiger partial charge >= 0.3 is 0 Å². The zero-order valence-corrected chi connectivity index (χ0v) is 27.3. The molecule has 0 unspecified atom stereocenters. The molecule has 2 nitrogen and oxygen atoms in total. The number of allylic oxidation sites excluding steroid dienone is 5. The molecule has 0 radical (unpaired) electrons. The van der Waals surface area contributed by atoms with Crippen molar-refractivity contribution in [1.29, 1.82) is 0 Å². The molecule has 0 fully saturated rings. The third-order valence-corrected chi connectivity index (χ3v) is 9.79. The number of para-hydroxylation sites is 1. The maximum Gasteiger partial charge on any atom is 0.0548 e. The van der Waals surface area contributed by atoms with E-state index < -0.39 is 0 Å². The minimum Gasteiger partial charge on any atom is -0.314 e. The van der Waals surface area contributed by atoms with Crippen LogP contribution in [0.5, 0.6) is 0 Å². The molecule has 0 spiro atoms. The van der Waals surface area contributed by atoms with E-state index in [0.717, 1.165) is 22.8 Å². The topological polar surface area (TPSA) is 8.17 Å². The van der Waals surface area contributed by atoms with Crippen LogP contribution in [0.1, 0.15) is 6.92 Å². The summed E-state index contributed by atoms with van der Waals surface area (Å²) in [6, 6.07) is 56.9. The predicted molar refractivity (Wildman–Crippen MR) is 210 cm³/mol. The molecule has 0 saturated carbocycles. The van der Waals surface area contributed by atoms with E-state index in [1.54, 1.807) is 0 Å². The van der Waals surface area contributed by atoms with Crippen LogP contribution in [0.2, 0.25) is 0 Å². The zero-order chi connectivity index (χ0) is 32.9. The van der Waals surface area contributed by atoms with Gasteiger partial charge in [-0.3, -0.25) is 0 Å². The quantitative estimate of drug-likeness (QED) is 0.160. The van der Waals surface area contributed by atoms with Gasteiger partial charge in [0.25, 0.3) is 0 Å². The number of benzene rings is 7. The maximum atomic E-state index is 4.17. The first-order valence-electron chi connectivity index (χ1n) is 16.8. The molecule has 1 aliphatic carbocycles. The Hall–Kier alpha value is -6.38. The fraction of sp³-hybridized carbons (Fsp3) is 0.0213. The maximum absolute atomic E-state index is 4.17. The normalized spacial score (nSPS) is 12.5. The number of hydrogen-bond acceptors (Lipinski definition) is 1. The predicted octanol–water partition coefficient (Wildman–Crippen LogP) is 13.0. The molecule has 0 bridgehead atoms. The first kappa shape index (κ1) is 28.8. The van der Waals surface area contributed by atoms with E-state index >= 15 is 0 Å². The minimum atomic E-state index is 1.05. The molecule has 0 N–H and O–H groups in total. The van der Waals surface area contributed by atoms with Gasteiger partial charge in [0.05, 0.1) is 11.0 Å². The molecule has 232 valence electrons. The summed E-state index contributed by atoms with van der Waals surface area (Å²) in [5.74, 6) is 0. The third kappa shape index (κ3) is 4.64. The van der Waals surface area contributed by atoms with E-state index in [4.69, 9.17) is 0 Å². The van der Waals surface area contributed by atoms with Crippen LogP contribution in [0.25, 0.3) is 71.7 Å². The molecule has 0 saturated heterocycles. The van der Waals surface area contributed by atoms with E-state index in [2.05, 4.69) is 193 Å². The summed E-state index contributed by atoms with van der Waals surface area (Å²) in [5.41, 5.74) is 14.2. The summed E-state index contributed by atoms with van der Waals surface area (Å²) in [6.07, 6.45) is 6.33. The molecule has 7 aromatic carbocycles. The summed E-state index contributed by atoms with van der Waals surface area (Å²) < 4.78 is 2.42. The Labute approximate surface area is 286 Å². The number of aromatic nitrogens is 1. The number of nitrogens with zero attached hydrogens (tertiary/aromatic N) is 2. The summed E-state index contributed by atoms with van der Waals surface area (Å²) in [7, 11) is 0. The average Bonchev–Trinajstić information content (AvgIpc) is 3.44. The van der Waals surface area contributed by atoms with Crippen molar-refractivity contribution in [2.24, 2.45) is 0 Å². The minimum absolute atomic E-state index is 1.05. The van der Waals surface area contributed by atoms with Gasteiger partial charge in [0.15, 0.2) is 0 Å². The molecule has 8 aromatic rings. The second-order valence-corrected chi connectivity index (χ2v) is 12.6. The standard InChI is InChI=1S/C47H34N2/c1-3-15-37(30-32(2)48(36-20-8-5-9-21-36)38-22-12-19-35(31-38)33-16-6-4-7-17-33)49-43-27-14-26-42-40-24-11-10-23-39(40)41-25-13-18-34-28-29-44(49)47(45(34)41)46(42)43/h3-31H,1H2,2H3/b32-30+,37-15+. The fourth-order valence-electron chi connectivity index (χ4n) is 7.78. The molecule has 49 heavy (non-hydrogen) atoms. The van der Waals surface area contributed by atoms with E-state index in [1.807, 2.05) is 6.08 Å². The van der Waals surface area contributed by atoms with E-state index in [-0.39, 0.29) is 0 Å². The van der Waals surface area contributed by atoms with Crippen molar-refractivity contribution in [2.45, 2.75) is 6.92 Å². The van der Waals surface area contributed by atoms with Crippen molar-refractivity contribution < 1.29 is 0 Å². The van der Waals surface area contributed by atoms with Crippen LogP contribution in [0.15, 0.2) is 188 Å². The summed E-state index contributed by atoms with van der Waals surface area (Å²) in [4.78, 5) is 2.34. The lowest BCUT2D eigenvalue weighted by atomic mass is 9.93. The molecular weight excluding hydrogens is 593 g/mol. The Morgan fingerprint density at radius 1 is 0.531 bits per heavy atom. The Bertz CT molecular complexity index is 2620. The van der Waals surface area contributed by atoms with Gasteiger partial charge in [-0.25, -0.2) is 0 Å². The van der Waals surface area contributed by atoms with E-state index in [1.165, 1.54) is 66.0 Å². The molecule has 0 aliphatic heterocycles. The van der Waals surface area contributed by atoms with Crippen LogP contribution in [0, 0.1) is 0 Å². The smallest absolute Gasteiger partial charge is 0.0548 e. The van der Waals surface area contributed by atoms with Gasteiger partial charge in [0, 0.05) is 33.5 Å².